The van der Waals surface area contributed by atoms with Crippen molar-refractivity contribution in [2.24, 2.45) is 0 Å². The summed E-state index contributed by atoms with van der Waals surface area (Å²) in [7, 11) is 0. The minimum absolute atomic E-state index is 0.0168. The SMILES string of the molecule is O=C(On1nnc2ccc(C(F)(F)F)cc21)On1nnc2ccc(C(F)(F)F)cc21. The average Bonchev–Trinajstić information content (AvgIpc) is 3.24. The van der Waals surface area contributed by atoms with Crippen molar-refractivity contribution in [3.63, 3.8) is 0 Å². The molecule has 15 heteroatoms. The highest BCUT2D eigenvalue weighted by Gasteiger charge is 2.32. The minimum atomic E-state index is -4.67. The van der Waals surface area contributed by atoms with Crippen LogP contribution in [0.4, 0.5) is 31.1 Å². The molecule has 156 valence electrons. The third-order valence-corrected chi connectivity index (χ3v) is 3.81. The van der Waals surface area contributed by atoms with Gasteiger partial charge in [-0.3, -0.25) is 9.68 Å². The van der Waals surface area contributed by atoms with Gasteiger partial charge in [-0.2, -0.15) is 31.1 Å². The molecule has 0 aliphatic rings. The Morgan fingerprint density at radius 3 is 1.50 bits per heavy atom. The first kappa shape index (κ1) is 19.4. The molecule has 0 amide bonds. The highest BCUT2D eigenvalue weighted by molar-refractivity contribution is 5.77. The van der Waals surface area contributed by atoms with E-state index < -0.39 is 29.6 Å². The van der Waals surface area contributed by atoms with Gasteiger partial charge in [0, 0.05) is 0 Å². The zero-order valence-electron chi connectivity index (χ0n) is 14.1. The zero-order valence-corrected chi connectivity index (χ0v) is 14.1. The summed E-state index contributed by atoms with van der Waals surface area (Å²) in [6.07, 6.45) is -10.9. The van der Waals surface area contributed by atoms with E-state index >= 15 is 0 Å². The second kappa shape index (κ2) is 6.57. The first-order valence-electron chi connectivity index (χ1n) is 7.78. The van der Waals surface area contributed by atoms with E-state index in [0.717, 1.165) is 24.3 Å². The van der Waals surface area contributed by atoms with Gasteiger partial charge in [-0.25, -0.2) is 0 Å². The molecular weight excluding hydrogens is 426 g/mol. The van der Waals surface area contributed by atoms with Crippen molar-refractivity contribution >= 4 is 28.2 Å². The van der Waals surface area contributed by atoms with Gasteiger partial charge in [-0.05, 0) is 46.8 Å². The molecule has 0 bridgehead atoms. The van der Waals surface area contributed by atoms with Gasteiger partial charge in [0.15, 0.2) is 0 Å². The summed E-state index contributed by atoms with van der Waals surface area (Å²) in [6.45, 7) is 0. The fourth-order valence-corrected chi connectivity index (χ4v) is 2.44. The maximum absolute atomic E-state index is 12.9. The van der Waals surface area contributed by atoms with Crippen LogP contribution in [0.2, 0.25) is 0 Å². The van der Waals surface area contributed by atoms with Crippen LogP contribution in [-0.2, 0) is 12.4 Å². The van der Waals surface area contributed by atoms with Crippen LogP contribution in [-0.4, -0.2) is 36.5 Å². The zero-order chi connectivity index (χ0) is 21.7. The van der Waals surface area contributed by atoms with Gasteiger partial charge in [-0.15, -0.1) is 10.2 Å². The largest absolute Gasteiger partial charge is 0.562 e. The lowest BCUT2D eigenvalue weighted by Gasteiger charge is -2.08. The third kappa shape index (κ3) is 3.56. The average molecular weight is 432 g/mol. The summed E-state index contributed by atoms with van der Waals surface area (Å²) >= 11 is 0. The number of aromatic nitrogens is 6. The molecule has 0 spiro atoms. The van der Waals surface area contributed by atoms with Crippen LogP contribution in [0.15, 0.2) is 36.4 Å². The number of benzene rings is 2. The first-order valence-corrected chi connectivity index (χ1v) is 7.78. The van der Waals surface area contributed by atoms with Crippen molar-refractivity contribution in [2.75, 3.05) is 0 Å². The lowest BCUT2D eigenvalue weighted by Crippen LogP contribution is -2.30. The van der Waals surface area contributed by atoms with Crippen LogP contribution in [0.1, 0.15) is 11.1 Å². The summed E-state index contributed by atoms with van der Waals surface area (Å²) < 4.78 is 77.1. The lowest BCUT2D eigenvalue weighted by atomic mass is 10.2. The second-order valence-corrected chi connectivity index (χ2v) is 5.76. The van der Waals surface area contributed by atoms with Crippen molar-refractivity contribution in [3.8, 4) is 0 Å². The smallest absolute Gasteiger partial charge is 0.280 e. The quantitative estimate of drug-likeness (QED) is 0.355. The van der Waals surface area contributed by atoms with Crippen molar-refractivity contribution in [3.05, 3.63) is 47.5 Å². The van der Waals surface area contributed by atoms with Gasteiger partial charge >= 0.3 is 18.5 Å². The van der Waals surface area contributed by atoms with E-state index in [1.54, 1.807) is 0 Å². The summed E-state index contributed by atoms with van der Waals surface area (Å²) in [5, 5.41) is 13.8. The van der Waals surface area contributed by atoms with E-state index in [1.165, 1.54) is 0 Å². The Hall–Kier alpha value is -3.91. The highest BCUT2D eigenvalue weighted by atomic mass is 19.4. The van der Waals surface area contributed by atoms with Crippen LogP contribution in [0.25, 0.3) is 22.1 Å². The molecule has 9 nitrogen and oxygen atoms in total. The molecule has 2 aromatic heterocycles. The van der Waals surface area contributed by atoms with Crippen LogP contribution in [0.3, 0.4) is 0 Å². The van der Waals surface area contributed by atoms with E-state index in [2.05, 4.69) is 30.3 Å². The summed E-state index contributed by atoms with van der Waals surface area (Å²) in [5.74, 6) is 0. The molecule has 4 aromatic rings. The maximum atomic E-state index is 12.9. The Balaban J connectivity index is 1.60. The normalized spacial score (nSPS) is 12.5. The summed E-state index contributed by atoms with van der Waals surface area (Å²) in [6, 6.07) is 4.84. The fourth-order valence-electron chi connectivity index (χ4n) is 2.44. The van der Waals surface area contributed by atoms with Crippen LogP contribution < -0.4 is 9.68 Å². The molecule has 0 aliphatic carbocycles. The highest BCUT2D eigenvalue weighted by Crippen LogP contribution is 2.31. The fraction of sp³-hybridized carbons (Fsp3) is 0.133. The number of hydrogen-bond donors (Lipinski definition) is 0. The molecule has 0 atom stereocenters. The number of nitrogens with zero attached hydrogens (tertiary/aromatic N) is 6. The number of carbonyl (C=O) groups is 1. The molecule has 4 rings (SSSR count). The molecule has 0 saturated heterocycles. The molecule has 0 aliphatic heterocycles. The minimum Gasteiger partial charge on any atom is -0.280 e. The molecule has 30 heavy (non-hydrogen) atoms. The maximum Gasteiger partial charge on any atom is 0.562 e. The van der Waals surface area contributed by atoms with Crippen molar-refractivity contribution in [1.82, 2.24) is 30.3 Å². The molecule has 0 saturated carbocycles. The number of alkyl halides is 6. The van der Waals surface area contributed by atoms with Gasteiger partial charge in [0.1, 0.15) is 22.1 Å². The molecule has 2 heterocycles. The van der Waals surface area contributed by atoms with Gasteiger partial charge in [0.05, 0.1) is 11.1 Å². The van der Waals surface area contributed by atoms with E-state index in [9.17, 15) is 31.1 Å². The van der Waals surface area contributed by atoms with Gasteiger partial charge in [-0.1, -0.05) is 9.69 Å². The predicted molar refractivity (Wildman–Crippen MR) is 83.6 cm³/mol. The van der Waals surface area contributed by atoms with Gasteiger partial charge in [0.25, 0.3) is 0 Å². The topological polar surface area (TPSA) is 97.0 Å². The first-order chi connectivity index (χ1) is 14.0. The predicted octanol–water partition coefficient (Wildman–Crippen LogP) is 2.89. The van der Waals surface area contributed by atoms with Crippen molar-refractivity contribution < 1.29 is 40.8 Å². The number of carbonyl (C=O) groups excluding carboxylic acids is 1. The van der Waals surface area contributed by atoms with Crippen molar-refractivity contribution in [1.29, 1.82) is 0 Å². The van der Waals surface area contributed by atoms with E-state index in [4.69, 9.17) is 0 Å². The summed E-state index contributed by atoms with van der Waals surface area (Å²) in [5.41, 5.74) is -2.72. The van der Waals surface area contributed by atoms with Crippen LogP contribution >= 0.6 is 0 Å². The molecule has 0 N–H and O–H groups in total. The monoisotopic (exact) mass is 432 g/mol. The Bertz CT molecular complexity index is 1170. The molecule has 0 unspecified atom stereocenters. The lowest BCUT2D eigenvalue weighted by molar-refractivity contribution is -0.138. The van der Waals surface area contributed by atoms with E-state index in [1.807, 2.05) is 0 Å². The Morgan fingerprint density at radius 2 is 1.13 bits per heavy atom. The summed E-state index contributed by atoms with van der Waals surface area (Å²) in [4.78, 5) is 22.0. The number of rotatable bonds is 2. The Labute approximate surface area is 160 Å². The van der Waals surface area contributed by atoms with E-state index in [-0.39, 0.29) is 22.1 Å². The molecule has 0 radical (unpaired) electrons. The standard InChI is InChI=1S/C15H6F6N6O3/c16-14(17,18)7-1-3-9-11(5-7)26(24-22-9)29-13(28)30-27-12-6-8(15(19,20)21)2-4-10(12)23-25-27/h1-6H. The number of fused-ring (bicyclic) bond motifs is 2. The van der Waals surface area contributed by atoms with Crippen molar-refractivity contribution in [2.45, 2.75) is 12.4 Å². The Morgan fingerprint density at radius 1 is 0.733 bits per heavy atom. The van der Waals surface area contributed by atoms with Gasteiger partial charge in [0.2, 0.25) is 0 Å². The molecule has 0 fully saturated rings. The number of halogens is 6. The van der Waals surface area contributed by atoms with Crippen LogP contribution in [0.5, 0.6) is 0 Å². The third-order valence-electron chi connectivity index (χ3n) is 3.81. The number of hydrogen-bond acceptors (Lipinski definition) is 7. The van der Waals surface area contributed by atoms with Crippen LogP contribution in [0, 0.1) is 0 Å². The van der Waals surface area contributed by atoms with E-state index in [0.29, 0.717) is 21.8 Å². The molecule has 2 aromatic carbocycles. The second-order valence-electron chi connectivity index (χ2n) is 5.76. The van der Waals surface area contributed by atoms with Gasteiger partial charge < -0.3 is 0 Å². The molecular formula is C15H6F6N6O3. The Kier molecular flexibility index (Phi) is 4.25.